The summed E-state index contributed by atoms with van der Waals surface area (Å²) in [4.78, 5) is 21.6. The van der Waals surface area contributed by atoms with Crippen LogP contribution in [-0.2, 0) is 16.1 Å². The summed E-state index contributed by atoms with van der Waals surface area (Å²) in [6.45, 7) is 3.77. The van der Waals surface area contributed by atoms with Crippen molar-refractivity contribution in [3.63, 3.8) is 0 Å². The molecule has 0 saturated carbocycles. The van der Waals surface area contributed by atoms with E-state index in [0.717, 1.165) is 0 Å². The summed E-state index contributed by atoms with van der Waals surface area (Å²) in [6, 6.07) is 3.55. The van der Waals surface area contributed by atoms with Crippen LogP contribution < -0.4 is 21.5 Å². The molecule has 0 aliphatic heterocycles. The van der Waals surface area contributed by atoms with E-state index in [2.05, 4.69) is 0 Å². The maximum atomic E-state index is 11.1. The third-order valence-corrected chi connectivity index (χ3v) is 1.92. The van der Waals surface area contributed by atoms with Gasteiger partial charge in [-0.1, -0.05) is 0 Å². The fourth-order valence-corrected chi connectivity index (χ4v) is 1.16. The molecule has 4 nitrogen and oxygen atoms in total. The summed E-state index contributed by atoms with van der Waals surface area (Å²) in [7, 11) is 0. The average molecular weight is 288 g/mol. The highest BCUT2D eigenvalue weighted by Crippen LogP contribution is 1.94. The fraction of sp³-hybridized carbons (Fsp3) is 0.364. The van der Waals surface area contributed by atoms with Gasteiger partial charge in [-0.2, -0.15) is 0 Å². The van der Waals surface area contributed by atoms with Crippen molar-refractivity contribution in [2.75, 3.05) is 6.61 Å². The number of ketones is 1. The summed E-state index contributed by atoms with van der Waals surface area (Å²) >= 11 is 0. The summed E-state index contributed by atoms with van der Waals surface area (Å²) in [5.41, 5.74) is 0.653. The largest absolute Gasteiger partial charge is 1.00 e. The summed E-state index contributed by atoms with van der Waals surface area (Å²) < 4.78 is 6.62. The normalized spacial score (nSPS) is 9.12. The first-order valence-corrected chi connectivity index (χ1v) is 4.73. The molecule has 0 N–H and O–H groups in total. The van der Waals surface area contributed by atoms with Crippen LogP contribution in [0.2, 0.25) is 0 Å². The maximum Gasteiger partial charge on any atom is 0.302 e. The number of carbonyl (C=O) groups is 2. The van der Waals surface area contributed by atoms with Gasteiger partial charge in [-0.15, -0.1) is 0 Å². The van der Waals surface area contributed by atoms with E-state index in [0.29, 0.717) is 18.7 Å². The number of carbonyl (C=O) groups excluding carboxylic acids is 2. The fourth-order valence-electron chi connectivity index (χ4n) is 1.16. The van der Waals surface area contributed by atoms with Crippen molar-refractivity contribution < 1.29 is 35.9 Å². The Morgan fingerprint density at radius 3 is 2.62 bits per heavy atom. The van der Waals surface area contributed by atoms with Gasteiger partial charge in [-0.25, -0.2) is 4.57 Å². The van der Waals surface area contributed by atoms with Crippen molar-refractivity contribution in [3.8, 4) is 0 Å². The number of hydrogen-bond acceptors (Lipinski definition) is 3. The standard InChI is InChI=1S/C11H14NO3.BrH/c1-9(13)11-4-3-5-12(8-11)6-7-15-10(2)14;/h3-5,8H,6-7H2,1-2H3;1H/q+1;/p-1. The van der Waals surface area contributed by atoms with E-state index in [4.69, 9.17) is 4.74 Å². The lowest BCUT2D eigenvalue weighted by Gasteiger charge is -1.99. The molecule has 1 aromatic rings. The highest BCUT2D eigenvalue weighted by molar-refractivity contribution is 5.93. The molecule has 0 unspecified atom stereocenters. The number of aromatic nitrogens is 1. The van der Waals surface area contributed by atoms with Crippen molar-refractivity contribution in [1.82, 2.24) is 0 Å². The van der Waals surface area contributed by atoms with Crippen LogP contribution in [0, 0.1) is 0 Å². The van der Waals surface area contributed by atoms with Crippen LogP contribution in [0.3, 0.4) is 0 Å². The molecule has 0 spiro atoms. The first-order valence-electron chi connectivity index (χ1n) is 4.73. The maximum absolute atomic E-state index is 11.1. The molecule has 0 bridgehead atoms. The number of ether oxygens (including phenoxy) is 1. The SMILES string of the molecule is CC(=O)OCC[n+]1cccc(C(C)=O)c1.[Br-]. The zero-order chi connectivity index (χ0) is 11.3. The van der Waals surface area contributed by atoms with Gasteiger partial charge in [0.2, 0.25) is 0 Å². The molecule has 1 heterocycles. The van der Waals surface area contributed by atoms with Crippen molar-refractivity contribution in [3.05, 3.63) is 30.1 Å². The first-order chi connectivity index (χ1) is 7.09. The molecule has 0 radical (unpaired) electrons. The number of pyridine rings is 1. The molecule has 5 heteroatoms. The van der Waals surface area contributed by atoms with Crippen LogP contribution >= 0.6 is 0 Å². The second kappa shape index (κ2) is 7.11. The van der Waals surface area contributed by atoms with Gasteiger partial charge in [0.15, 0.2) is 31.3 Å². The van der Waals surface area contributed by atoms with Gasteiger partial charge < -0.3 is 21.7 Å². The Bertz CT molecular complexity index is 379. The molecule has 0 fully saturated rings. The third kappa shape index (κ3) is 5.02. The quantitative estimate of drug-likeness (QED) is 0.357. The Morgan fingerprint density at radius 2 is 2.06 bits per heavy atom. The smallest absolute Gasteiger partial charge is 0.302 e. The molecular weight excluding hydrogens is 274 g/mol. The first kappa shape index (κ1) is 14.8. The molecule has 1 aromatic heterocycles. The number of Topliss-reactive ketones (excluding diaryl/α,β-unsaturated/α-hetero) is 1. The number of hydrogen-bond donors (Lipinski definition) is 0. The zero-order valence-electron chi connectivity index (χ0n) is 9.27. The minimum atomic E-state index is -0.293. The third-order valence-electron chi connectivity index (χ3n) is 1.92. The number of halogens is 1. The van der Waals surface area contributed by atoms with Crippen molar-refractivity contribution >= 4 is 11.8 Å². The van der Waals surface area contributed by atoms with E-state index in [1.165, 1.54) is 13.8 Å². The van der Waals surface area contributed by atoms with Gasteiger partial charge in [0, 0.05) is 13.0 Å². The summed E-state index contributed by atoms with van der Waals surface area (Å²) in [5, 5.41) is 0. The van der Waals surface area contributed by atoms with Crippen molar-refractivity contribution in [2.24, 2.45) is 0 Å². The van der Waals surface area contributed by atoms with Crippen LogP contribution in [0.25, 0.3) is 0 Å². The lowest BCUT2D eigenvalue weighted by molar-refractivity contribution is -0.698. The topological polar surface area (TPSA) is 47.2 Å². The van der Waals surface area contributed by atoms with Crippen molar-refractivity contribution in [2.45, 2.75) is 20.4 Å². The number of rotatable bonds is 4. The lowest BCUT2D eigenvalue weighted by Crippen LogP contribution is -3.00. The zero-order valence-corrected chi connectivity index (χ0v) is 10.9. The van der Waals surface area contributed by atoms with E-state index in [1.54, 1.807) is 18.3 Å². The van der Waals surface area contributed by atoms with Crippen LogP contribution in [0.4, 0.5) is 0 Å². The van der Waals surface area contributed by atoms with Gasteiger partial charge in [0.05, 0.1) is 5.56 Å². The number of esters is 1. The van der Waals surface area contributed by atoms with Crippen LogP contribution in [0.15, 0.2) is 24.5 Å². The molecule has 0 saturated heterocycles. The van der Waals surface area contributed by atoms with Gasteiger partial charge in [-0.3, -0.25) is 9.59 Å². The molecule has 88 valence electrons. The monoisotopic (exact) mass is 287 g/mol. The van der Waals surface area contributed by atoms with E-state index in [9.17, 15) is 9.59 Å². The molecular formula is C11H14BrNO3. The summed E-state index contributed by atoms with van der Waals surface area (Å²) in [6.07, 6.45) is 3.57. The van der Waals surface area contributed by atoms with Gasteiger partial charge in [0.25, 0.3) is 0 Å². The Kier molecular flexibility index (Phi) is 6.56. The highest BCUT2D eigenvalue weighted by Gasteiger charge is 2.06. The van der Waals surface area contributed by atoms with Crippen LogP contribution in [0.5, 0.6) is 0 Å². The molecule has 1 rings (SSSR count). The van der Waals surface area contributed by atoms with Gasteiger partial charge in [-0.05, 0) is 13.0 Å². The van der Waals surface area contributed by atoms with Gasteiger partial charge >= 0.3 is 5.97 Å². The minimum Gasteiger partial charge on any atom is -1.00 e. The Labute approximate surface area is 105 Å². The molecule has 0 atom stereocenters. The van der Waals surface area contributed by atoms with Gasteiger partial charge in [0.1, 0.15) is 0 Å². The van der Waals surface area contributed by atoms with E-state index < -0.39 is 0 Å². The Balaban J connectivity index is 0.00000225. The van der Waals surface area contributed by atoms with E-state index >= 15 is 0 Å². The molecule has 0 aliphatic carbocycles. The molecule has 0 amide bonds. The van der Waals surface area contributed by atoms with E-state index in [-0.39, 0.29) is 28.7 Å². The summed E-state index contributed by atoms with van der Waals surface area (Å²) in [5.74, 6) is -0.268. The predicted octanol–water partition coefficient (Wildman–Crippen LogP) is -2.26. The molecule has 0 aromatic carbocycles. The lowest BCUT2D eigenvalue weighted by atomic mass is 10.2. The Hall–Kier alpha value is -1.23. The molecule has 0 aliphatic rings. The van der Waals surface area contributed by atoms with Crippen LogP contribution in [0.1, 0.15) is 24.2 Å². The number of nitrogens with zero attached hydrogens (tertiary/aromatic N) is 1. The average Bonchev–Trinajstić information content (AvgIpc) is 2.17. The molecule has 16 heavy (non-hydrogen) atoms. The Morgan fingerprint density at radius 1 is 1.38 bits per heavy atom. The van der Waals surface area contributed by atoms with Crippen LogP contribution in [-0.4, -0.2) is 18.4 Å². The predicted molar refractivity (Wildman–Crippen MR) is 53.3 cm³/mol. The van der Waals surface area contributed by atoms with E-state index in [1.807, 2.05) is 10.8 Å². The second-order valence-electron chi connectivity index (χ2n) is 3.23. The minimum absolute atomic E-state index is 0. The second-order valence-corrected chi connectivity index (χ2v) is 3.23. The van der Waals surface area contributed by atoms with Crippen molar-refractivity contribution in [1.29, 1.82) is 0 Å². The highest BCUT2D eigenvalue weighted by atomic mass is 79.9.